The Morgan fingerprint density at radius 1 is 1.23 bits per heavy atom. The summed E-state index contributed by atoms with van der Waals surface area (Å²) in [5.41, 5.74) is -0.0989. The Kier molecular flexibility index (Phi) is 3.30. The molecule has 1 aromatic carbocycles. The molecule has 1 aromatic rings. The molecule has 2 aliphatic rings. The van der Waals surface area contributed by atoms with Crippen LogP contribution in [-0.4, -0.2) is 19.7 Å². The molecule has 1 aliphatic heterocycles. The summed E-state index contributed by atoms with van der Waals surface area (Å²) in [6, 6.07) is 2.80. The van der Waals surface area contributed by atoms with Crippen LogP contribution in [0.3, 0.4) is 0 Å². The average molecular weight is 313 g/mol. The summed E-state index contributed by atoms with van der Waals surface area (Å²) in [5, 5.41) is 3.48. The van der Waals surface area contributed by atoms with Crippen LogP contribution in [0.25, 0.3) is 0 Å². The molecule has 0 radical (unpaired) electrons. The molecule has 3 rings (SSSR count). The van der Waals surface area contributed by atoms with Crippen molar-refractivity contribution in [1.29, 1.82) is 0 Å². The minimum atomic E-state index is -4.34. The van der Waals surface area contributed by atoms with E-state index in [9.17, 15) is 13.2 Å². The molecule has 0 spiro atoms. The van der Waals surface area contributed by atoms with Crippen molar-refractivity contribution < 1.29 is 17.9 Å². The van der Waals surface area contributed by atoms with Gasteiger partial charge in [0.1, 0.15) is 5.75 Å². The maximum Gasteiger partial charge on any atom is 0.416 e. The normalized spacial score (nSPS) is 29.9. The molecule has 1 heterocycles. The van der Waals surface area contributed by atoms with Crippen LogP contribution in [0.4, 0.5) is 13.2 Å². The third-order valence-corrected chi connectivity index (χ3v) is 6.06. The van der Waals surface area contributed by atoms with E-state index in [4.69, 9.17) is 4.74 Å². The summed E-state index contributed by atoms with van der Waals surface area (Å²) in [5.74, 6) is 0.568. The zero-order valence-electron chi connectivity index (χ0n) is 13.4. The van der Waals surface area contributed by atoms with E-state index in [-0.39, 0.29) is 11.5 Å². The number of nitrogens with one attached hydrogen (secondary N) is 1. The zero-order chi connectivity index (χ0) is 16.3. The van der Waals surface area contributed by atoms with Crippen LogP contribution < -0.4 is 10.1 Å². The van der Waals surface area contributed by atoms with Gasteiger partial charge in [-0.05, 0) is 42.5 Å². The first-order chi connectivity index (χ1) is 10.1. The standard InChI is InChI=1S/C17H22F3NO/c1-15(2)13-9-10-12(22-4)6-5-11(17(18,19)20)14(10)16(15,3)7-8-21-13/h5-6,13,21H,7-9H2,1-4H3/t13-,16+/m1/s1. The topological polar surface area (TPSA) is 21.3 Å². The van der Waals surface area contributed by atoms with E-state index in [2.05, 4.69) is 19.2 Å². The van der Waals surface area contributed by atoms with Gasteiger partial charge in [0.15, 0.2) is 0 Å². The third-order valence-electron chi connectivity index (χ3n) is 6.06. The highest BCUT2D eigenvalue weighted by Gasteiger charge is 2.56. The largest absolute Gasteiger partial charge is 0.496 e. The average Bonchev–Trinajstić information content (AvgIpc) is 2.40. The second kappa shape index (κ2) is 4.63. The van der Waals surface area contributed by atoms with Gasteiger partial charge in [-0.1, -0.05) is 20.8 Å². The second-order valence-electron chi connectivity index (χ2n) is 7.18. The van der Waals surface area contributed by atoms with E-state index in [1.54, 1.807) is 0 Å². The molecule has 1 saturated heterocycles. The molecule has 22 heavy (non-hydrogen) atoms. The van der Waals surface area contributed by atoms with E-state index >= 15 is 0 Å². The van der Waals surface area contributed by atoms with Gasteiger partial charge in [0.2, 0.25) is 0 Å². The highest BCUT2D eigenvalue weighted by atomic mass is 19.4. The highest BCUT2D eigenvalue weighted by Crippen LogP contribution is 2.57. The molecular formula is C17H22F3NO. The smallest absolute Gasteiger partial charge is 0.416 e. The Balaban J connectivity index is 2.35. The zero-order valence-corrected chi connectivity index (χ0v) is 13.4. The van der Waals surface area contributed by atoms with Crippen molar-refractivity contribution in [2.24, 2.45) is 5.41 Å². The monoisotopic (exact) mass is 313 g/mol. The highest BCUT2D eigenvalue weighted by molar-refractivity contribution is 5.54. The molecular weight excluding hydrogens is 291 g/mol. The number of ether oxygens (including phenoxy) is 1. The van der Waals surface area contributed by atoms with Crippen LogP contribution >= 0.6 is 0 Å². The minimum absolute atomic E-state index is 0.163. The van der Waals surface area contributed by atoms with Crippen molar-refractivity contribution in [3.05, 3.63) is 28.8 Å². The van der Waals surface area contributed by atoms with Crippen molar-refractivity contribution in [1.82, 2.24) is 5.32 Å². The van der Waals surface area contributed by atoms with Crippen molar-refractivity contribution in [3.63, 3.8) is 0 Å². The second-order valence-corrected chi connectivity index (χ2v) is 7.18. The number of halogens is 3. The van der Waals surface area contributed by atoms with Gasteiger partial charge in [-0.3, -0.25) is 0 Å². The number of benzene rings is 1. The number of alkyl halides is 3. The molecule has 2 atom stereocenters. The lowest BCUT2D eigenvalue weighted by atomic mass is 9.50. The lowest BCUT2D eigenvalue weighted by Crippen LogP contribution is -2.63. The Morgan fingerprint density at radius 3 is 2.50 bits per heavy atom. The summed E-state index contributed by atoms with van der Waals surface area (Å²) >= 11 is 0. The molecule has 0 amide bonds. The molecule has 2 nitrogen and oxygen atoms in total. The fourth-order valence-electron chi connectivity index (χ4n) is 4.33. The van der Waals surface area contributed by atoms with Crippen LogP contribution in [0.15, 0.2) is 12.1 Å². The third kappa shape index (κ3) is 1.91. The van der Waals surface area contributed by atoms with Gasteiger partial charge in [-0.15, -0.1) is 0 Å². The van der Waals surface area contributed by atoms with Gasteiger partial charge in [0.25, 0.3) is 0 Å². The van der Waals surface area contributed by atoms with Gasteiger partial charge in [-0.25, -0.2) is 0 Å². The van der Waals surface area contributed by atoms with Gasteiger partial charge in [0.05, 0.1) is 12.7 Å². The van der Waals surface area contributed by atoms with Crippen molar-refractivity contribution >= 4 is 0 Å². The van der Waals surface area contributed by atoms with Crippen molar-refractivity contribution in [2.75, 3.05) is 13.7 Å². The summed E-state index contributed by atoms with van der Waals surface area (Å²) in [7, 11) is 1.52. The molecule has 1 N–H and O–H groups in total. The number of rotatable bonds is 1. The van der Waals surface area contributed by atoms with Crippen LogP contribution in [0, 0.1) is 5.41 Å². The maximum atomic E-state index is 13.6. The Hall–Kier alpha value is -1.23. The van der Waals surface area contributed by atoms with Crippen LogP contribution in [0.2, 0.25) is 0 Å². The van der Waals surface area contributed by atoms with Gasteiger partial charge < -0.3 is 10.1 Å². The van der Waals surface area contributed by atoms with Crippen LogP contribution in [0.1, 0.15) is 43.9 Å². The van der Waals surface area contributed by atoms with Gasteiger partial charge in [-0.2, -0.15) is 13.2 Å². The predicted octanol–water partition coefficient (Wildman–Crippen LogP) is 3.92. The fourth-order valence-corrected chi connectivity index (χ4v) is 4.33. The van der Waals surface area contributed by atoms with Crippen molar-refractivity contribution in [2.45, 2.75) is 51.2 Å². The SMILES string of the molecule is COc1ccc(C(F)(F)F)c2c1C[C@H]1NCC[C@]2(C)C1(C)C. The first-order valence-corrected chi connectivity index (χ1v) is 7.64. The lowest BCUT2D eigenvalue weighted by Gasteiger charge is -2.58. The minimum Gasteiger partial charge on any atom is -0.496 e. The first-order valence-electron chi connectivity index (χ1n) is 7.64. The molecule has 0 unspecified atom stereocenters. The molecule has 5 heteroatoms. The predicted molar refractivity (Wildman–Crippen MR) is 79.2 cm³/mol. The first kappa shape index (κ1) is 15.7. The number of hydrogen-bond donors (Lipinski definition) is 1. The molecule has 122 valence electrons. The molecule has 1 fully saturated rings. The van der Waals surface area contributed by atoms with Gasteiger partial charge in [0, 0.05) is 17.0 Å². The lowest BCUT2D eigenvalue weighted by molar-refractivity contribution is -0.140. The van der Waals surface area contributed by atoms with Gasteiger partial charge >= 0.3 is 6.18 Å². The number of hydrogen-bond acceptors (Lipinski definition) is 2. The van der Waals surface area contributed by atoms with Crippen molar-refractivity contribution in [3.8, 4) is 5.75 Å². The quantitative estimate of drug-likeness (QED) is 0.848. The Labute approximate surface area is 129 Å². The molecule has 0 saturated carbocycles. The maximum absolute atomic E-state index is 13.6. The molecule has 0 aromatic heterocycles. The Bertz CT molecular complexity index is 609. The number of fused-ring (bicyclic) bond motifs is 4. The molecule has 1 aliphatic carbocycles. The van der Waals surface area contributed by atoms with E-state index in [1.165, 1.54) is 19.2 Å². The Morgan fingerprint density at radius 2 is 1.91 bits per heavy atom. The summed E-state index contributed by atoms with van der Waals surface area (Å²) < 4.78 is 46.2. The fraction of sp³-hybridized carbons (Fsp3) is 0.647. The van der Waals surface area contributed by atoms with E-state index in [0.717, 1.165) is 12.1 Å². The van der Waals surface area contributed by atoms with Crippen LogP contribution in [-0.2, 0) is 18.0 Å². The summed E-state index contributed by atoms with van der Waals surface area (Å²) in [4.78, 5) is 0. The van der Waals surface area contributed by atoms with Crippen LogP contribution in [0.5, 0.6) is 5.75 Å². The number of methoxy groups -OCH3 is 1. The van der Waals surface area contributed by atoms with E-state index in [0.29, 0.717) is 24.2 Å². The summed E-state index contributed by atoms with van der Waals surface area (Å²) in [6.07, 6.45) is -3.07. The summed E-state index contributed by atoms with van der Waals surface area (Å²) in [6.45, 7) is 6.88. The van der Waals surface area contributed by atoms with E-state index in [1.807, 2.05) is 6.92 Å². The number of piperidine rings is 1. The van der Waals surface area contributed by atoms with E-state index < -0.39 is 17.2 Å². The molecule has 2 bridgehead atoms.